The van der Waals surface area contributed by atoms with Gasteiger partial charge in [-0.25, -0.2) is 8.42 Å². The summed E-state index contributed by atoms with van der Waals surface area (Å²) >= 11 is 7.38. The Morgan fingerprint density at radius 2 is 2.24 bits per heavy atom. The van der Waals surface area contributed by atoms with Gasteiger partial charge in [-0.1, -0.05) is 23.7 Å². The Labute approximate surface area is 134 Å². The molecule has 0 aromatic heterocycles. The molecule has 1 aliphatic heterocycles. The number of hydrogen-bond donors (Lipinski definition) is 1. The lowest BCUT2D eigenvalue weighted by Crippen LogP contribution is -2.47. The zero-order valence-corrected chi connectivity index (χ0v) is 14.2. The number of sulfone groups is 1. The Hall–Kier alpha value is -0.720. The number of carbonyl (C=O) groups is 1. The Morgan fingerprint density at radius 3 is 2.86 bits per heavy atom. The van der Waals surface area contributed by atoms with Crippen LogP contribution < -0.4 is 5.32 Å². The molecule has 1 N–H and O–H groups in total. The molecule has 4 nitrogen and oxygen atoms in total. The fraction of sp³-hybridized carbons (Fsp3) is 0.500. The van der Waals surface area contributed by atoms with Crippen molar-refractivity contribution in [2.45, 2.75) is 24.6 Å². The molecule has 1 saturated heterocycles. The number of thioether (sulfide) groups is 1. The summed E-state index contributed by atoms with van der Waals surface area (Å²) in [6.07, 6.45) is 0.486. The minimum Gasteiger partial charge on any atom is -0.349 e. The van der Waals surface area contributed by atoms with Crippen LogP contribution >= 0.6 is 23.4 Å². The van der Waals surface area contributed by atoms with Crippen molar-refractivity contribution in [3.05, 3.63) is 34.9 Å². The van der Waals surface area contributed by atoms with Crippen molar-refractivity contribution in [2.75, 3.05) is 17.3 Å². The second kappa shape index (κ2) is 6.58. The van der Waals surface area contributed by atoms with Crippen molar-refractivity contribution in [1.29, 1.82) is 0 Å². The lowest BCUT2D eigenvalue weighted by molar-refractivity contribution is -0.120. The van der Waals surface area contributed by atoms with Gasteiger partial charge < -0.3 is 5.32 Å². The number of carbonyl (C=O) groups excluding carboxylic acids is 1. The van der Waals surface area contributed by atoms with Crippen LogP contribution in [0.25, 0.3) is 0 Å². The first-order valence-corrected chi connectivity index (χ1v) is 9.97. The van der Waals surface area contributed by atoms with E-state index < -0.39 is 15.4 Å². The van der Waals surface area contributed by atoms with Crippen LogP contribution in [-0.4, -0.2) is 37.1 Å². The number of nitrogens with one attached hydrogen (secondary N) is 1. The van der Waals surface area contributed by atoms with Gasteiger partial charge in [0, 0.05) is 10.8 Å². The number of halogens is 1. The van der Waals surface area contributed by atoms with E-state index in [9.17, 15) is 13.2 Å². The molecule has 0 radical (unpaired) electrons. The van der Waals surface area contributed by atoms with Gasteiger partial charge in [0.2, 0.25) is 5.91 Å². The second-order valence-corrected chi connectivity index (χ2v) is 9.18. The topological polar surface area (TPSA) is 63.2 Å². The van der Waals surface area contributed by atoms with E-state index in [0.717, 1.165) is 5.56 Å². The molecule has 2 rings (SSSR count). The van der Waals surface area contributed by atoms with Crippen LogP contribution in [0.2, 0.25) is 5.02 Å². The van der Waals surface area contributed by atoms with Crippen LogP contribution in [-0.2, 0) is 20.4 Å². The van der Waals surface area contributed by atoms with Crippen LogP contribution in [0.3, 0.4) is 0 Å². The molecular weight excluding hydrogens is 330 g/mol. The highest BCUT2D eigenvalue weighted by Gasteiger charge is 2.39. The molecule has 0 spiro atoms. The summed E-state index contributed by atoms with van der Waals surface area (Å²) in [4.78, 5) is 11.9. The van der Waals surface area contributed by atoms with Crippen LogP contribution in [0.1, 0.15) is 18.9 Å². The van der Waals surface area contributed by atoms with Crippen molar-refractivity contribution in [3.8, 4) is 0 Å². The molecule has 1 amide bonds. The maximum atomic E-state index is 11.9. The van der Waals surface area contributed by atoms with E-state index >= 15 is 0 Å². The van der Waals surface area contributed by atoms with E-state index in [1.165, 1.54) is 11.8 Å². The maximum Gasteiger partial charge on any atom is 0.230 e. The highest BCUT2D eigenvalue weighted by molar-refractivity contribution is 7.99. The molecule has 1 aliphatic rings. The molecule has 1 aromatic rings. The molecule has 0 aliphatic carbocycles. The van der Waals surface area contributed by atoms with Gasteiger partial charge in [0.25, 0.3) is 0 Å². The largest absolute Gasteiger partial charge is 0.349 e. The van der Waals surface area contributed by atoms with E-state index in [1.807, 2.05) is 24.3 Å². The maximum absolute atomic E-state index is 11.9. The van der Waals surface area contributed by atoms with E-state index in [4.69, 9.17) is 11.6 Å². The molecule has 1 atom stereocenters. The number of benzene rings is 1. The first-order valence-electron chi connectivity index (χ1n) is 6.62. The molecule has 116 valence electrons. The van der Waals surface area contributed by atoms with E-state index in [-0.39, 0.29) is 17.4 Å². The van der Waals surface area contributed by atoms with Crippen molar-refractivity contribution >= 4 is 39.1 Å². The van der Waals surface area contributed by atoms with E-state index in [0.29, 0.717) is 22.9 Å². The smallest absolute Gasteiger partial charge is 0.230 e. The molecule has 1 heterocycles. The average molecular weight is 348 g/mol. The number of rotatable bonds is 5. The summed E-state index contributed by atoms with van der Waals surface area (Å²) < 4.78 is 23.0. The van der Waals surface area contributed by atoms with Gasteiger partial charge in [0.05, 0.1) is 22.8 Å². The van der Waals surface area contributed by atoms with Crippen LogP contribution in [0.15, 0.2) is 24.3 Å². The van der Waals surface area contributed by atoms with Gasteiger partial charge in [-0.15, -0.1) is 11.8 Å². The number of hydrogen-bond acceptors (Lipinski definition) is 4. The molecule has 7 heteroatoms. The molecule has 0 saturated carbocycles. The molecule has 0 unspecified atom stereocenters. The fourth-order valence-electron chi connectivity index (χ4n) is 2.37. The Balaban J connectivity index is 1.78. The lowest BCUT2D eigenvalue weighted by atomic mass is 10.0. The fourth-order valence-corrected chi connectivity index (χ4v) is 5.45. The predicted molar refractivity (Wildman–Crippen MR) is 87.4 cm³/mol. The van der Waals surface area contributed by atoms with E-state index in [2.05, 4.69) is 5.32 Å². The minimum absolute atomic E-state index is 0.0324. The third-order valence-electron chi connectivity index (χ3n) is 3.34. The van der Waals surface area contributed by atoms with Crippen molar-refractivity contribution in [1.82, 2.24) is 5.32 Å². The van der Waals surface area contributed by atoms with Crippen molar-refractivity contribution in [3.63, 3.8) is 0 Å². The molecule has 21 heavy (non-hydrogen) atoms. The zero-order chi connectivity index (χ0) is 15.5. The summed E-state index contributed by atoms with van der Waals surface area (Å²) in [5.74, 6) is 1.07. The summed E-state index contributed by atoms with van der Waals surface area (Å²) in [6.45, 7) is 1.79. The molecule has 0 bridgehead atoms. The standard InChI is InChI=1S/C14H18ClNO3S2/c1-14(5-6-21(18,19)10-14)16-13(17)9-20-8-11-3-2-4-12(15)7-11/h2-4,7H,5-6,8-10H2,1H3,(H,16,17)/t14-/m1/s1. The average Bonchev–Trinajstić information content (AvgIpc) is 2.63. The van der Waals surface area contributed by atoms with Crippen molar-refractivity contribution in [2.24, 2.45) is 0 Å². The first kappa shape index (κ1) is 16.6. The van der Waals surface area contributed by atoms with Crippen molar-refractivity contribution < 1.29 is 13.2 Å². The third kappa shape index (κ3) is 5.20. The van der Waals surface area contributed by atoms with Crippen LogP contribution in [0.4, 0.5) is 0 Å². The van der Waals surface area contributed by atoms with Gasteiger partial charge in [-0.05, 0) is 31.0 Å². The highest BCUT2D eigenvalue weighted by Crippen LogP contribution is 2.23. The monoisotopic (exact) mass is 347 g/mol. The number of amides is 1. The van der Waals surface area contributed by atoms with E-state index in [1.54, 1.807) is 6.92 Å². The summed E-state index contributed by atoms with van der Waals surface area (Å²) in [5.41, 5.74) is 0.446. The third-order valence-corrected chi connectivity index (χ3v) is 6.48. The first-order chi connectivity index (χ1) is 9.78. The zero-order valence-electron chi connectivity index (χ0n) is 11.8. The normalized spacial score (nSPS) is 23.9. The molecule has 1 fully saturated rings. The van der Waals surface area contributed by atoms with Gasteiger partial charge in [0.1, 0.15) is 0 Å². The summed E-state index contributed by atoms with van der Waals surface area (Å²) in [6, 6.07) is 7.52. The van der Waals surface area contributed by atoms with Gasteiger partial charge in [0.15, 0.2) is 9.84 Å². The van der Waals surface area contributed by atoms with Gasteiger partial charge in [-0.3, -0.25) is 4.79 Å². The lowest BCUT2D eigenvalue weighted by Gasteiger charge is -2.23. The van der Waals surface area contributed by atoms with Gasteiger partial charge in [-0.2, -0.15) is 0 Å². The minimum atomic E-state index is -3.00. The van der Waals surface area contributed by atoms with Crippen LogP contribution in [0.5, 0.6) is 0 Å². The highest BCUT2D eigenvalue weighted by atomic mass is 35.5. The summed E-state index contributed by atoms with van der Waals surface area (Å²) in [5, 5.41) is 3.53. The molecular formula is C14H18ClNO3S2. The predicted octanol–water partition coefficient (Wildman–Crippen LogP) is 2.27. The van der Waals surface area contributed by atoms with Gasteiger partial charge >= 0.3 is 0 Å². The Morgan fingerprint density at radius 1 is 1.48 bits per heavy atom. The van der Waals surface area contributed by atoms with Crippen LogP contribution in [0, 0.1) is 0 Å². The SMILES string of the molecule is C[C@@]1(NC(=O)CSCc2cccc(Cl)c2)CCS(=O)(=O)C1. The Kier molecular flexibility index (Phi) is 5.22. The summed E-state index contributed by atoms with van der Waals surface area (Å²) in [7, 11) is -3.00. The quantitative estimate of drug-likeness (QED) is 0.887. The second-order valence-electron chi connectivity index (χ2n) is 5.57. The Bertz CT molecular complexity index is 633. The molecule has 1 aromatic carbocycles.